The summed E-state index contributed by atoms with van der Waals surface area (Å²) >= 11 is 0. The molecular formula is C12H19NO3. The number of hydrogen-bond donors (Lipinski definition) is 3. The van der Waals surface area contributed by atoms with E-state index in [1.54, 1.807) is 19.2 Å². The van der Waals surface area contributed by atoms with E-state index in [1.165, 1.54) is 6.07 Å². The first-order valence-corrected chi connectivity index (χ1v) is 5.20. The van der Waals surface area contributed by atoms with Crippen molar-refractivity contribution in [3.63, 3.8) is 0 Å². The highest BCUT2D eigenvalue weighted by Crippen LogP contribution is 2.28. The molecule has 0 aliphatic heterocycles. The molecule has 0 fully saturated rings. The van der Waals surface area contributed by atoms with Crippen molar-refractivity contribution in [2.24, 2.45) is 0 Å². The van der Waals surface area contributed by atoms with E-state index in [2.05, 4.69) is 5.32 Å². The second kappa shape index (κ2) is 5.18. The van der Waals surface area contributed by atoms with E-state index < -0.39 is 0 Å². The van der Waals surface area contributed by atoms with Crippen molar-refractivity contribution in [3.05, 3.63) is 23.8 Å². The second-order valence-corrected chi connectivity index (χ2v) is 4.46. The molecule has 0 saturated carbocycles. The van der Waals surface area contributed by atoms with Crippen LogP contribution in [-0.4, -0.2) is 29.5 Å². The molecule has 0 spiro atoms. The molecule has 4 heteroatoms. The lowest BCUT2D eigenvalue weighted by Gasteiger charge is -2.25. The van der Waals surface area contributed by atoms with Crippen molar-refractivity contribution >= 4 is 0 Å². The molecule has 3 N–H and O–H groups in total. The van der Waals surface area contributed by atoms with E-state index in [0.717, 1.165) is 0 Å². The fourth-order valence-corrected chi connectivity index (χ4v) is 1.47. The Morgan fingerprint density at radius 2 is 2.00 bits per heavy atom. The van der Waals surface area contributed by atoms with Gasteiger partial charge in [0.15, 0.2) is 11.5 Å². The van der Waals surface area contributed by atoms with Crippen molar-refractivity contribution in [1.29, 1.82) is 0 Å². The summed E-state index contributed by atoms with van der Waals surface area (Å²) in [5, 5.41) is 22.2. The maximum Gasteiger partial charge on any atom is 0.161 e. The van der Waals surface area contributed by atoms with Crippen LogP contribution in [0.4, 0.5) is 0 Å². The van der Waals surface area contributed by atoms with Gasteiger partial charge in [0.05, 0.1) is 6.61 Å². The Balaban J connectivity index is 2.64. The first-order chi connectivity index (χ1) is 7.46. The van der Waals surface area contributed by atoms with Crippen LogP contribution < -0.4 is 5.32 Å². The summed E-state index contributed by atoms with van der Waals surface area (Å²) in [6.07, 6.45) is 0. The number of hydrogen-bond acceptors (Lipinski definition) is 4. The Bertz CT molecular complexity index is 350. The van der Waals surface area contributed by atoms with E-state index in [0.29, 0.717) is 18.7 Å². The Morgan fingerprint density at radius 3 is 2.62 bits per heavy atom. The maximum atomic E-state index is 9.60. The lowest BCUT2D eigenvalue weighted by Crippen LogP contribution is -2.42. The molecule has 1 rings (SSSR count). The largest absolute Gasteiger partial charge is 0.504 e. The number of nitrogens with one attached hydrogen (secondary N) is 1. The third kappa shape index (κ3) is 3.40. The maximum absolute atomic E-state index is 9.60. The molecule has 16 heavy (non-hydrogen) atoms. The third-order valence-corrected chi connectivity index (χ3v) is 2.36. The number of ether oxygens (including phenoxy) is 1. The molecule has 0 bridgehead atoms. The molecule has 0 saturated heterocycles. The predicted octanol–water partition coefficient (Wildman–Crippen LogP) is 1.61. The van der Waals surface area contributed by atoms with Crippen LogP contribution in [0.15, 0.2) is 18.2 Å². The quantitative estimate of drug-likeness (QED) is 0.666. The van der Waals surface area contributed by atoms with Gasteiger partial charge in [0.25, 0.3) is 0 Å². The third-order valence-electron chi connectivity index (χ3n) is 2.36. The zero-order chi connectivity index (χ0) is 12.2. The highest BCUT2D eigenvalue weighted by molar-refractivity contribution is 5.44. The van der Waals surface area contributed by atoms with Gasteiger partial charge in [0, 0.05) is 24.8 Å². The molecule has 0 aromatic heterocycles. The smallest absolute Gasteiger partial charge is 0.161 e. The van der Waals surface area contributed by atoms with Crippen molar-refractivity contribution < 1.29 is 14.9 Å². The van der Waals surface area contributed by atoms with Crippen LogP contribution in [0, 0.1) is 0 Å². The van der Waals surface area contributed by atoms with Gasteiger partial charge < -0.3 is 20.3 Å². The van der Waals surface area contributed by atoms with Crippen molar-refractivity contribution in [2.75, 3.05) is 13.7 Å². The number of rotatable bonds is 5. The monoisotopic (exact) mass is 225 g/mol. The minimum Gasteiger partial charge on any atom is -0.504 e. The van der Waals surface area contributed by atoms with E-state index in [4.69, 9.17) is 4.74 Å². The first-order valence-electron chi connectivity index (χ1n) is 5.20. The van der Waals surface area contributed by atoms with E-state index >= 15 is 0 Å². The fourth-order valence-electron chi connectivity index (χ4n) is 1.47. The highest BCUT2D eigenvalue weighted by atomic mass is 16.5. The zero-order valence-corrected chi connectivity index (χ0v) is 9.95. The average molecular weight is 225 g/mol. The van der Waals surface area contributed by atoms with Crippen LogP contribution >= 0.6 is 0 Å². The first kappa shape index (κ1) is 12.8. The van der Waals surface area contributed by atoms with E-state index in [9.17, 15) is 10.2 Å². The molecule has 0 radical (unpaired) electrons. The molecule has 0 amide bonds. The lowest BCUT2D eigenvalue weighted by atomic mass is 10.1. The topological polar surface area (TPSA) is 61.7 Å². The Morgan fingerprint density at radius 1 is 1.31 bits per heavy atom. The van der Waals surface area contributed by atoms with Crippen LogP contribution in [0.5, 0.6) is 11.5 Å². The molecule has 0 heterocycles. The SMILES string of the molecule is COCC(C)(C)NCc1cccc(O)c1O. The summed E-state index contributed by atoms with van der Waals surface area (Å²) in [5.41, 5.74) is 0.497. The van der Waals surface area contributed by atoms with Gasteiger partial charge >= 0.3 is 0 Å². The molecule has 0 unspecified atom stereocenters. The summed E-state index contributed by atoms with van der Waals surface area (Å²) in [7, 11) is 1.65. The number of benzene rings is 1. The van der Waals surface area contributed by atoms with Gasteiger partial charge in [-0.3, -0.25) is 0 Å². The molecule has 1 aromatic rings. The van der Waals surface area contributed by atoms with Gasteiger partial charge in [-0.1, -0.05) is 12.1 Å². The average Bonchev–Trinajstić information content (AvgIpc) is 2.20. The molecule has 0 aliphatic carbocycles. The van der Waals surface area contributed by atoms with Gasteiger partial charge in [0.1, 0.15) is 0 Å². The standard InChI is InChI=1S/C12H19NO3/c1-12(2,8-16-3)13-7-9-5-4-6-10(14)11(9)15/h4-6,13-15H,7-8H2,1-3H3. The molecule has 0 aliphatic rings. The molecule has 1 aromatic carbocycles. The molecular weight excluding hydrogens is 206 g/mol. The summed E-state index contributed by atoms with van der Waals surface area (Å²) in [6.45, 7) is 5.08. The van der Waals surface area contributed by atoms with Crippen LogP contribution in [0.3, 0.4) is 0 Å². The molecule has 4 nitrogen and oxygen atoms in total. The normalized spacial score (nSPS) is 11.7. The van der Waals surface area contributed by atoms with Gasteiger partial charge in [-0.15, -0.1) is 0 Å². The van der Waals surface area contributed by atoms with E-state index in [-0.39, 0.29) is 17.0 Å². The van der Waals surface area contributed by atoms with Gasteiger partial charge in [-0.2, -0.15) is 0 Å². The number of para-hydroxylation sites is 1. The minimum atomic E-state index is -0.174. The number of aromatic hydroxyl groups is 2. The van der Waals surface area contributed by atoms with Crippen LogP contribution in [0.1, 0.15) is 19.4 Å². The summed E-state index contributed by atoms with van der Waals surface area (Å²) in [6, 6.07) is 4.93. The summed E-state index contributed by atoms with van der Waals surface area (Å²) < 4.78 is 5.07. The highest BCUT2D eigenvalue weighted by Gasteiger charge is 2.17. The predicted molar refractivity (Wildman–Crippen MR) is 62.6 cm³/mol. The Hall–Kier alpha value is -1.26. The van der Waals surface area contributed by atoms with Gasteiger partial charge in [-0.05, 0) is 19.9 Å². The number of phenolic OH excluding ortho intramolecular Hbond substituents is 2. The van der Waals surface area contributed by atoms with Crippen molar-refractivity contribution in [2.45, 2.75) is 25.9 Å². The Kier molecular flexibility index (Phi) is 4.15. The van der Waals surface area contributed by atoms with E-state index in [1.807, 2.05) is 13.8 Å². The molecule has 90 valence electrons. The zero-order valence-electron chi connectivity index (χ0n) is 9.95. The molecule has 0 atom stereocenters. The Labute approximate surface area is 95.9 Å². The summed E-state index contributed by atoms with van der Waals surface area (Å²) in [4.78, 5) is 0. The fraction of sp³-hybridized carbons (Fsp3) is 0.500. The lowest BCUT2D eigenvalue weighted by molar-refractivity contribution is 0.127. The van der Waals surface area contributed by atoms with Crippen LogP contribution in [0.25, 0.3) is 0 Å². The minimum absolute atomic E-state index is 0.0665. The van der Waals surface area contributed by atoms with Crippen LogP contribution in [-0.2, 0) is 11.3 Å². The van der Waals surface area contributed by atoms with Gasteiger partial charge in [-0.25, -0.2) is 0 Å². The summed E-state index contributed by atoms with van der Waals surface area (Å²) in [5.74, 6) is -0.160. The second-order valence-electron chi connectivity index (χ2n) is 4.46. The van der Waals surface area contributed by atoms with Crippen molar-refractivity contribution in [3.8, 4) is 11.5 Å². The number of phenols is 2. The van der Waals surface area contributed by atoms with Crippen molar-refractivity contribution in [1.82, 2.24) is 5.32 Å². The van der Waals surface area contributed by atoms with Gasteiger partial charge in [0.2, 0.25) is 0 Å². The number of methoxy groups -OCH3 is 1. The van der Waals surface area contributed by atoms with Crippen LogP contribution in [0.2, 0.25) is 0 Å².